The van der Waals surface area contributed by atoms with E-state index in [4.69, 9.17) is 4.74 Å². The molecular weight excluding hydrogens is 452 g/mol. The molecule has 3 heterocycles. The Bertz CT molecular complexity index is 1110. The van der Waals surface area contributed by atoms with E-state index in [9.17, 15) is 9.59 Å². The number of methoxy groups -OCH3 is 1. The van der Waals surface area contributed by atoms with Crippen molar-refractivity contribution in [3.8, 4) is 0 Å². The highest BCUT2D eigenvalue weighted by atomic mass is 16.5. The Labute approximate surface area is 213 Å². The highest BCUT2D eigenvalue weighted by Gasteiger charge is 2.41. The van der Waals surface area contributed by atoms with E-state index in [0.717, 1.165) is 31.6 Å². The molecule has 190 valence electrons. The molecule has 7 nitrogen and oxygen atoms in total. The molecule has 2 aromatic rings. The monoisotopic (exact) mass is 488 g/mol. The number of carbonyl (C=O) groups excluding carboxylic acids is 2. The Balaban J connectivity index is 1.35. The molecule has 1 amide bonds. The molecule has 1 fully saturated rings. The van der Waals surface area contributed by atoms with Crippen molar-refractivity contribution < 1.29 is 14.3 Å². The standard InChI is InChI=1S/C29H36N4O3/c1-20-25(27(24-10-15-30-16-11-24)26(21(2)32-20)29(35)36-3)28(34)31-14-7-17-33-18-12-23(13-19-33)22-8-5-4-6-9-22/h4-6,8-11,15-16,23,26-27H,7,12-14,17-19H2,1-3H3,(H,31,34). The van der Waals surface area contributed by atoms with Crippen LogP contribution in [0.15, 0.2) is 71.1 Å². The number of aliphatic imine (C=N–C) groups is 1. The number of aromatic nitrogens is 1. The van der Waals surface area contributed by atoms with Gasteiger partial charge in [-0.3, -0.25) is 19.6 Å². The SMILES string of the molecule is COC(=O)C1C(C)=NC(C)=C(C(=O)NCCCN2CCC(c3ccccc3)CC2)C1c1ccncc1. The summed E-state index contributed by atoms with van der Waals surface area (Å²) in [5.74, 6) is -1.04. The van der Waals surface area contributed by atoms with Gasteiger partial charge >= 0.3 is 5.97 Å². The van der Waals surface area contributed by atoms with Gasteiger partial charge in [-0.15, -0.1) is 0 Å². The zero-order chi connectivity index (χ0) is 25.5. The Morgan fingerprint density at radius 1 is 1.03 bits per heavy atom. The second kappa shape index (κ2) is 12.1. The Morgan fingerprint density at radius 2 is 1.72 bits per heavy atom. The van der Waals surface area contributed by atoms with Crippen LogP contribution >= 0.6 is 0 Å². The molecule has 0 saturated carbocycles. The number of benzene rings is 1. The number of amides is 1. The van der Waals surface area contributed by atoms with Crippen LogP contribution in [0.4, 0.5) is 0 Å². The fourth-order valence-corrected chi connectivity index (χ4v) is 5.51. The van der Waals surface area contributed by atoms with Crippen LogP contribution in [0.5, 0.6) is 0 Å². The maximum absolute atomic E-state index is 13.4. The molecule has 1 N–H and O–H groups in total. The third kappa shape index (κ3) is 5.90. The van der Waals surface area contributed by atoms with E-state index >= 15 is 0 Å². The molecule has 36 heavy (non-hydrogen) atoms. The number of esters is 1. The molecular formula is C29H36N4O3. The predicted molar refractivity (Wildman–Crippen MR) is 141 cm³/mol. The quantitative estimate of drug-likeness (QED) is 0.447. The first-order valence-corrected chi connectivity index (χ1v) is 12.8. The summed E-state index contributed by atoms with van der Waals surface area (Å²) in [6, 6.07) is 14.5. The Kier molecular flexibility index (Phi) is 8.65. The average molecular weight is 489 g/mol. The number of likely N-dealkylation sites (tertiary alicyclic amines) is 1. The number of nitrogens with one attached hydrogen (secondary N) is 1. The van der Waals surface area contributed by atoms with Gasteiger partial charge in [0, 0.05) is 41.8 Å². The number of nitrogens with zero attached hydrogens (tertiary/aromatic N) is 3. The molecule has 0 spiro atoms. The number of ether oxygens (including phenoxy) is 1. The molecule has 2 unspecified atom stereocenters. The van der Waals surface area contributed by atoms with Gasteiger partial charge in [-0.05, 0) is 81.9 Å². The Hall–Kier alpha value is -3.32. The van der Waals surface area contributed by atoms with E-state index in [-0.39, 0.29) is 5.91 Å². The van der Waals surface area contributed by atoms with Gasteiger partial charge in [0.2, 0.25) is 5.91 Å². The molecule has 0 bridgehead atoms. The minimum atomic E-state index is -0.646. The van der Waals surface area contributed by atoms with Crippen LogP contribution in [0.3, 0.4) is 0 Å². The first-order valence-electron chi connectivity index (χ1n) is 12.8. The third-order valence-corrected chi connectivity index (χ3v) is 7.39. The number of piperidine rings is 1. The molecule has 1 aromatic carbocycles. The van der Waals surface area contributed by atoms with Gasteiger partial charge in [0.15, 0.2) is 0 Å². The van der Waals surface area contributed by atoms with Crippen molar-refractivity contribution in [2.45, 2.75) is 44.9 Å². The summed E-state index contributed by atoms with van der Waals surface area (Å²) in [6.07, 6.45) is 6.56. The molecule has 0 aliphatic carbocycles. The van der Waals surface area contributed by atoms with Crippen molar-refractivity contribution in [3.63, 3.8) is 0 Å². The maximum Gasteiger partial charge on any atom is 0.315 e. The number of hydrogen-bond donors (Lipinski definition) is 1. The van der Waals surface area contributed by atoms with Gasteiger partial charge in [-0.2, -0.15) is 0 Å². The van der Waals surface area contributed by atoms with Crippen molar-refractivity contribution in [2.24, 2.45) is 10.9 Å². The minimum Gasteiger partial charge on any atom is -0.468 e. The summed E-state index contributed by atoms with van der Waals surface area (Å²) in [6.45, 7) is 7.33. The fourth-order valence-electron chi connectivity index (χ4n) is 5.51. The smallest absolute Gasteiger partial charge is 0.315 e. The van der Waals surface area contributed by atoms with Gasteiger partial charge in [0.1, 0.15) is 5.92 Å². The average Bonchev–Trinajstić information content (AvgIpc) is 2.91. The number of allylic oxidation sites excluding steroid dienone is 1. The number of carbonyl (C=O) groups is 2. The lowest BCUT2D eigenvalue weighted by Gasteiger charge is -2.32. The van der Waals surface area contributed by atoms with Gasteiger partial charge in [0.05, 0.1) is 7.11 Å². The van der Waals surface area contributed by atoms with Crippen molar-refractivity contribution in [1.82, 2.24) is 15.2 Å². The van der Waals surface area contributed by atoms with Crippen LogP contribution in [0, 0.1) is 5.92 Å². The molecule has 7 heteroatoms. The third-order valence-electron chi connectivity index (χ3n) is 7.39. The molecule has 4 rings (SSSR count). The number of hydrogen-bond acceptors (Lipinski definition) is 6. The van der Waals surface area contributed by atoms with Crippen LogP contribution in [-0.2, 0) is 14.3 Å². The number of pyridine rings is 1. The molecule has 1 saturated heterocycles. The molecule has 1 aromatic heterocycles. The van der Waals surface area contributed by atoms with Gasteiger partial charge < -0.3 is 15.0 Å². The van der Waals surface area contributed by atoms with Crippen LogP contribution in [0.2, 0.25) is 0 Å². The summed E-state index contributed by atoms with van der Waals surface area (Å²) >= 11 is 0. The van der Waals surface area contributed by atoms with Crippen LogP contribution in [0.25, 0.3) is 0 Å². The van der Waals surface area contributed by atoms with Crippen molar-refractivity contribution in [3.05, 3.63) is 77.3 Å². The van der Waals surface area contributed by atoms with E-state index < -0.39 is 17.8 Å². The predicted octanol–water partition coefficient (Wildman–Crippen LogP) is 4.09. The first kappa shape index (κ1) is 25.8. The zero-order valence-corrected chi connectivity index (χ0v) is 21.4. The lowest BCUT2D eigenvalue weighted by molar-refractivity contribution is -0.143. The van der Waals surface area contributed by atoms with Crippen molar-refractivity contribution in [1.29, 1.82) is 0 Å². The van der Waals surface area contributed by atoms with Crippen LogP contribution < -0.4 is 5.32 Å². The largest absolute Gasteiger partial charge is 0.468 e. The van der Waals surface area contributed by atoms with E-state index in [1.807, 2.05) is 26.0 Å². The first-order chi connectivity index (χ1) is 17.5. The zero-order valence-electron chi connectivity index (χ0n) is 21.4. The van der Waals surface area contributed by atoms with E-state index in [0.29, 0.717) is 29.4 Å². The molecule has 2 aliphatic rings. The summed E-state index contributed by atoms with van der Waals surface area (Å²) in [7, 11) is 1.37. The molecule has 2 aliphatic heterocycles. The topological polar surface area (TPSA) is 83.9 Å². The normalized spacial score (nSPS) is 21.1. The summed E-state index contributed by atoms with van der Waals surface area (Å²) in [5.41, 5.74) is 4.09. The molecule has 0 radical (unpaired) electrons. The highest BCUT2D eigenvalue weighted by molar-refractivity contribution is 6.07. The summed E-state index contributed by atoms with van der Waals surface area (Å²) < 4.78 is 5.08. The lowest BCUT2D eigenvalue weighted by Crippen LogP contribution is -2.40. The lowest BCUT2D eigenvalue weighted by atomic mass is 9.75. The van der Waals surface area contributed by atoms with Gasteiger partial charge in [-0.25, -0.2) is 0 Å². The van der Waals surface area contributed by atoms with E-state index in [1.54, 1.807) is 12.4 Å². The van der Waals surface area contributed by atoms with E-state index in [1.165, 1.54) is 25.5 Å². The van der Waals surface area contributed by atoms with E-state index in [2.05, 4.69) is 50.5 Å². The van der Waals surface area contributed by atoms with Gasteiger partial charge in [-0.1, -0.05) is 30.3 Å². The van der Waals surface area contributed by atoms with Crippen LogP contribution in [-0.4, -0.2) is 60.8 Å². The fraction of sp³-hybridized carbons (Fsp3) is 0.448. The van der Waals surface area contributed by atoms with Crippen molar-refractivity contribution >= 4 is 17.6 Å². The van der Waals surface area contributed by atoms with Crippen molar-refractivity contribution in [2.75, 3.05) is 33.3 Å². The van der Waals surface area contributed by atoms with Gasteiger partial charge in [0.25, 0.3) is 0 Å². The molecule has 2 atom stereocenters. The summed E-state index contributed by atoms with van der Waals surface area (Å²) in [4.78, 5) is 37.2. The maximum atomic E-state index is 13.4. The van der Waals surface area contributed by atoms with Crippen LogP contribution in [0.1, 0.15) is 56.1 Å². The minimum absolute atomic E-state index is 0.178. The number of rotatable bonds is 8. The highest BCUT2D eigenvalue weighted by Crippen LogP contribution is 2.39. The summed E-state index contributed by atoms with van der Waals surface area (Å²) in [5, 5.41) is 3.09. The Morgan fingerprint density at radius 3 is 2.39 bits per heavy atom. The second-order valence-electron chi connectivity index (χ2n) is 9.65. The second-order valence-corrected chi connectivity index (χ2v) is 9.65.